The summed E-state index contributed by atoms with van der Waals surface area (Å²) < 4.78 is 4.98. The minimum Gasteiger partial charge on any atom is -0.383 e. The molecular formula is C23H30N2O2. The van der Waals surface area contributed by atoms with E-state index in [0.29, 0.717) is 13.2 Å². The number of hydrogen-bond donors (Lipinski definition) is 1. The van der Waals surface area contributed by atoms with Crippen LogP contribution in [0.1, 0.15) is 34.3 Å². The quantitative estimate of drug-likeness (QED) is 0.727. The second-order valence-corrected chi connectivity index (χ2v) is 7.36. The van der Waals surface area contributed by atoms with E-state index < -0.39 is 0 Å². The molecule has 2 aromatic rings. The second kappa shape index (κ2) is 10.2. The Bertz CT molecular complexity index is 709. The fraction of sp³-hybridized carbons (Fsp3) is 0.435. The Morgan fingerprint density at radius 2 is 1.81 bits per heavy atom. The molecule has 1 heterocycles. The van der Waals surface area contributed by atoms with Crippen molar-refractivity contribution in [1.82, 2.24) is 10.2 Å². The van der Waals surface area contributed by atoms with Crippen molar-refractivity contribution in [1.29, 1.82) is 0 Å². The van der Waals surface area contributed by atoms with E-state index in [0.717, 1.165) is 31.1 Å². The smallest absolute Gasteiger partial charge is 0.251 e. The average molecular weight is 367 g/mol. The maximum absolute atomic E-state index is 12.2. The minimum atomic E-state index is -0.0320. The molecule has 2 aromatic carbocycles. The van der Waals surface area contributed by atoms with Crippen LogP contribution < -0.4 is 5.32 Å². The fourth-order valence-electron chi connectivity index (χ4n) is 3.73. The van der Waals surface area contributed by atoms with Gasteiger partial charge >= 0.3 is 0 Å². The third-order valence-corrected chi connectivity index (χ3v) is 5.26. The van der Waals surface area contributed by atoms with Gasteiger partial charge in [-0.2, -0.15) is 0 Å². The summed E-state index contributed by atoms with van der Waals surface area (Å²) in [5.41, 5.74) is 3.38. The van der Waals surface area contributed by atoms with Crippen molar-refractivity contribution in [2.45, 2.75) is 25.8 Å². The molecule has 1 amide bonds. The number of methoxy groups -OCH3 is 1. The number of piperidine rings is 1. The van der Waals surface area contributed by atoms with Gasteiger partial charge in [0.05, 0.1) is 6.61 Å². The van der Waals surface area contributed by atoms with Crippen LogP contribution in [0.3, 0.4) is 0 Å². The van der Waals surface area contributed by atoms with Gasteiger partial charge in [-0.25, -0.2) is 0 Å². The number of benzene rings is 2. The van der Waals surface area contributed by atoms with Gasteiger partial charge < -0.3 is 10.1 Å². The van der Waals surface area contributed by atoms with E-state index in [1.165, 1.54) is 30.4 Å². The Labute approximate surface area is 162 Å². The molecule has 4 nitrogen and oxygen atoms in total. The van der Waals surface area contributed by atoms with E-state index in [4.69, 9.17) is 4.74 Å². The highest BCUT2D eigenvalue weighted by Crippen LogP contribution is 2.23. The number of carbonyl (C=O) groups is 1. The molecular weight excluding hydrogens is 336 g/mol. The summed E-state index contributed by atoms with van der Waals surface area (Å²) in [5, 5.41) is 2.88. The highest BCUT2D eigenvalue weighted by molar-refractivity contribution is 5.94. The van der Waals surface area contributed by atoms with Crippen molar-refractivity contribution >= 4 is 5.91 Å². The van der Waals surface area contributed by atoms with Gasteiger partial charge in [0.15, 0.2) is 0 Å². The number of amides is 1. The molecule has 4 heteroatoms. The molecule has 1 aliphatic heterocycles. The maximum atomic E-state index is 12.2. The van der Waals surface area contributed by atoms with Crippen LogP contribution in [0.15, 0.2) is 54.6 Å². The normalized spacial score (nSPS) is 15.6. The summed E-state index contributed by atoms with van der Waals surface area (Å²) in [7, 11) is 1.63. The lowest BCUT2D eigenvalue weighted by Crippen LogP contribution is -2.34. The molecule has 1 N–H and O–H groups in total. The molecule has 1 aliphatic rings. The van der Waals surface area contributed by atoms with Crippen molar-refractivity contribution < 1.29 is 9.53 Å². The number of carbonyl (C=O) groups excluding carboxylic acids is 1. The monoisotopic (exact) mass is 366 g/mol. The molecule has 27 heavy (non-hydrogen) atoms. The molecule has 1 saturated heterocycles. The summed E-state index contributed by atoms with van der Waals surface area (Å²) in [6.45, 7) is 4.23. The zero-order chi connectivity index (χ0) is 18.9. The first kappa shape index (κ1) is 19.6. The van der Waals surface area contributed by atoms with Crippen molar-refractivity contribution in [2.24, 2.45) is 5.92 Å². The van der Waals surface area contributed by atoms with E-state index in [1.807, 2.05) is 18.2 Å². The van der Waals surface area contributed by atoms with E-state index in [9.17, 15) is 4.79 Å². The number of likely N-dealkylation sites (tertiary alicyclic amines) is 1. The van der Waals surface area contributed by atoms with E-state index in [2.05, 4.69) is 46.6 Å². The van der Waals surface area contributed by atoms with E-state index in [1.54, 1.807) is 7.11 Å². The van der Waals surface area contributed by atoms with Gasteiger partial charge in [0.25, 0.3) is 5.91 Å². The van der Waals surface area contributed by atoms with Gasteiger partial charge in [-0.15, -0.1) is 0 Å². The Hall–Kier alpha value is -2.17. The van der Waals surface area contributed by atoms with Gasteiger partial charge in [0, 0.05) is 25.8 Å². The van der Waals surface area contributed by atoms with Crippen LogP contribution in [0.4, 0.5) is 0 Å². The highest BCUT2D eigenvalue weighted by atomic mass is 16.5. The SMILES string of the molecule is COCCNC(=O)c1cccc(CN2CCC(Cc3ccccc3)CC2)c1. The molecule has 1 fully saturated rings. The Morgan fingerprint density at radius 3 is 2.56 bits per heavy atom. The van der Waals surface area contributed by atoms with Gasteiger partial charge in [-0.05, 0) is 61.5 Å². The summed E-state index contributed by atoms with van der Waals surface area (Å²) in [6, 6.07) is 18.8. The van der Waals surface area contributed by atoms with Crippen LogP contribution in [0.25, 0.3) is 0 Å². The molecule has 0 spiro atoms. The van der Waals surface area contributed by atoms with Crippen LogP contribution in [0.5, 0.6) is 0 Å². The molecule has 0 saturated carbocycles. The molecule has 0 aromatic heterocycles. The topological polar surface area (TPSA) is 41.6 Å². The first-order chi connectivity index (χ1) is 13.2. The summed E-state index contributed by atoms with van der Waals surface area (Å²) in [6.07, 6.45) is 3.67. The lowest BCUT2D eigenvalue weighted by Gasteiger charge is -2.32. The number of hydrogen-bond acceptors (Lipinski definition) is 3. The van der Waals surface area contributed by atoms with Gasteiger partial charge in [-0.1, -0.05) is 42.5 Å². The van der Waals surface area contributed by atoms with E-state index >= 15 is 0 Å². The van der Waals surface area contributed by atoms with Crippen molar-refractivity contribution in [2.75, 3.05) is 33.4 Å². The Morgan fingerprint density at radius 1 is 1.07 bits per heavy atom. The first-order valence-electron chi connectivity index (χ1n) is 9.87. The molecule has 3 rings (SSSR count). The second-order valence-electron chi connectivity index (χ2n) is 7.36. The van der Waals surface area contributed by atoms with Crippen LogP contribution in [-0.4, -0.2) is 44.2 Å². The lowest BCUT2D eigenvalue weighted by atomic mass is 9.90. The molecule has 0 unspecified atom stereocenters. The third-order valence-electron chi connectivity index (χ3n) is 5.26. The van der Waals surface area contributed by atoms with Crippen molar-refractivity contribution in [3.63, 3.8) is 0 Å². The van der Waals surface area contributed by atoms with Crippen molar-refractivity contribution in [3.05, 3.63) is 71.3 Å². The minimum absolute atomic E-state index is 0.0320. The lowest BCUT2D eigenvalue weighted by molar-refractivity contribution is 0.0937. The largest absolute Gasteiger partial charge is 0.383 e. The van der Waals surface area contributed by atoms with Crippen LogP contribution >= 0.6 is 0 Å². The third kappa shape index (κ3) is 6.19. The Balaban J connectivity index is 1.47. The number of rotatable bonds is 8. The summed E-state index contributed by atoms with van der Waals surface area (Å²) in [4.78, 5) is 14.7. The highest BCUT2D eigenvalue weighted by Gasteiger charge is 2.19. The van der Waals surface area contributed by atoms with Crippen LogP contribution in [0.2, 0.25) is 0 Å². The molecule has 144 valence electrons. The zero-order valence-electron chi connectivity index (χ0n) is 16.2. The number of nitrogens with one attached hydrogen (secondary N) is 1. The maximum Gasteiger partial charge on any atom is 0.251 e. The number of ether oxygens (including phenoxy) is 1. The van der Waals surface area contributed by atoms with E-state index in [-0.39, 0.29) is 5.91 Å². The molecule has 0 bridgehead atoms. The average Bonchev–Trinajstić information content (AvgIpc) is 2.71. The van der Waals surface area contributed by atoms with Gasteiger partial charge in [0.2, 0.25) is 0 Å². The van der Waals surface area contributed by atoms with Crippen LogP contribution in [0, 0.1) is 5.92 Å². The predicted molar refractivity (Wildman–Crippen MR) is 109 cm³/mol. The van der Waals surface area contributed by atoms with Crippen molar-refractivity contribution in [3.8, 4) is 0 Å². The molecule has 0 aliphatic carbocycles. The van der Waals surface area contributed by atoms with Gasteiger partial charge in [0.1, 0.15) is 0 Å². The Kier molecular flexibility index (Phi) is 7.43. The predicted octanol–water partition coefficient (Wildman–Crippen LogP) is 3.52. The summed E-state index contributed by atoms with van der Waals surface area (Å²) >= 11 is 0. The molecule has 0 radical (unpaired) electrons. The number of nitrogens with zero attached hydrogens (tertiary/aromatic N) is 1. The first-order valence-corrected chi connectivity index (χ1v) is 9.87. The zero-order valence-corrected chi connectivity index (χ0v) is 16.2. The fourth-order valence-corrected chi connectivity index (χ4v) is 3.73. The van der Waals surface area contributed by atoms with Gasteiger partial charge in [-0.3, -0.25) is 9.69 Å². The molecule has 0 atom stereocenters. The standard InChI is InChI=1S/C23H30N2O2/c1-27-15-12-24-23(26)22-9-5-8-21(17-22)18-25-13-10-20(11-14-25)16-19-6-3-2-4-7-19/h2-9,17,20H,10-16,18H2,1H3,(H,24,26). The van der Waals surface area contributed by atoms with Crippen LogP contribution in [-0.2, 0) is 17.7 Å². The summed E-state index contributed by atoms with van der Waals surface area (Å²) in [5.74, 6) is 0.747.